The minimum atomic E-state index is -0.792. The lowest BCUT2D eigenvalue weighted by Gasteiger charge is -2.36. The van der Waals surface area contributed by atoms with E-state index in [0.717, 1.165) is 24.8 Å². The minimum Gasteiger partial charge on any atom is -0.394 e. The van der Waals surface area contributed by atoms with Gasteiger partial charge in [-0.2, -0.15) is 0 Å². The molecular weight excluding hydrogens is 252 g/mol. The van der Waals surface area contributed by atoms with Crippen LogP contribution in [-0.2, 0) is 4.79 Å². The van der Waals surface area contributed by atoms with Crippen LogP contribution in [0.1, 0.15) is 44.2 Å². The van der Waals surface area contributed by atoms with Gasteiger partial charge in [-0.3, -0.25) is 4.79 Å². The van der Waals surface area contributed by atoms with Gasteiger partial charge in [0.25, 0.3) is 0 Å². The number of aliphatic hydroxyl groups is 1. The molecule has 0 heterocycles. The van der Waals surface area contributed by atoms with Gasteiger partial charge in [-0.25, -0.2) is 0 Å². The van der Waals surface area contributed by atoms with E-state index in [9.17, 15) is 9.90 Å². The van der Waals surface area contributed by atoms with Crippen molar-refractivity contribution in [1.82, 2.24) is 5.32 Å². The quantitative estimate of drug-likeness (QED) is 0.784. The number of hydrogen-bond donors (Lipinski definition) is 3. The smallest absolute Gasteiger partial charge is 0.240 e. The molecule has 1 aliphatic rings. The maximum Gasteiger partial charge on any atom is 0.240 e. The molecule has 0 radical (unpaired) electrons. The molecule has 4 N–H and O–H groups in total. The van der Waals surface area contributed by atoms with Gasteiger partial charge in [-0.15, -0.1) is 0 Å². The van der Waals surface area contributed by atoms with Crippen LogP contribution in [-0.4, -0.2) is 23.2 Å². The lowest BCUT2D eigenvalue weighted by atomic mass is 9.76. The number of carbonyl (C=O) groups is 1. The molecule has 20 heavy (non-hydrogen) atoms. The van der Waals surface area contributed by atoms with Crippen LogP contribution in [0, 0.1) is 5.92 Å². The fourth-order valence-electron chi connectivity index (χ4n) is 3.02. The fraction of sp³-hybridized carbons (Fsp3) is 0.562. The van der Waals surface area contributed by atoms with Crippen molar-refractivity contribution in [1.29, 1.82) is 0 Å². The summed E-state index contributed by atoms with van der Waals surface area (Å²) in [6, 6.07) is 9.10. The third-order valence-electron chi connectivity index (χ3n) is 4.17. The normalized spacial score (nSPS) is 27.9. The highest BCUT2D eigenvalue weighted by Gasteiger charge is 2.38. The van der Waals surface area contributed by atoms with Crippen LogP contribution in [0.15, 0.2) is 30.3 Å². The Hall–Kier alpha value is -1.39. The lowest BCUT2D eigenvalue weighted by Crippen LogP contribution is -2.57. The Bertz CT molecular complexity index is 449. The van der Waals surface area contributed by atoms with Crippen LogP contribution in [0.4, 0.5) is 0 Å². The molecule has 1 saturated carbocycles. The van der Waals surface area contributed by atoms with Crippen molar-refractivity contribution in [2.45, 2.75) is 44.2 Å². The third-order valence-corrected chi connectivity index (χ3v) is 4.17. The number of nitrogens with one attached hydrogen (secondary N) is 1. The van der Waals surface area contributed by atoms with Crippen LogP contribution in [0.3, 0.4) is 0 Å². The summed E-state index contributed by atoms with van der Waals surface area (Å²) in [6.45, 7) is 2.01. The maximum absolute atomic E-state index is 12.5. The molecule has 1 fully saturated rings. The second-order valence-electron chi connectivity index (χ2n) is 5.98. The van der Waals surface area contributed by atoms with E-state index in [1.165, 1.54) is 0 Å². The highest BCUT2D eigenvalue weighted by Crippen LogP contribution is 2.31. The van der Waals surface area contributed by atoms with E-state index in [2.05, 4.69) is 12.2 Å². The predicted molar refractivity (Wildman–Crippen MR) is 79.0 cm³/mol. The Labute approximate surface area is 120 Å². The van der Waals surface area contributed by atoms with Gasteiger partial charge in [-0.05, 0) is 24.3 Å². The summed E-state index contributed by atoms with van der Waals surface area (Å²) in [7, 11) is 0. The highest BCUT2D eigenvalue weighted by molar-refractivity contribution is 5.86. The number of carbonyl (C=O) groups excluding carboxylic acids is 1. The SMILES string of the molecule is CC1CCCC(N)(C(=O)N[C@H](CO)c2ccccc2)C1. The summed E-state index contributed by atoms with van der Waals surface area (Å²) in [5.74, 6) is 0.329. The first-order chi connectivity index (χ1) is 9.55. The Kier molecular flexibility index (Phi) is 4.78. The van der Waals surface area contributed by atoms with Gasteiger partial charge in [0.05, 0.1) is 18.2 Å². The molecule has 0 bridgehead atoms. The summed E-state index contributed by atoms with van der Waals surface area (Å²) in [5, 5.41) is 12.4. The molecule has 110 valence electrons. The number of nitrogens with two attached hydrogens (primary N) is 1. The van der Waals surface area contributed by atoms with E-state index in [-0.39, 0.29) is 18.6 Å². The van der Waals surface area contributed by atoms with Gasteiger partial charge in [0.1, 0.15) is 0 Å². The number of hydrogen-bond acceptors (Lipinski definition) is 3. The Balaban J connectivity index is 2.06. The maximum atomic E-state index is 12.5. The van der Waals surface area contributed by atoms with Gasteiger partial charge >= 0.3 is 0 Å². The van der Waals surface area contributed by atoms with Gasteiger partial charge in [0.2, 0.25) is 5.91 Å². The van der Waals surface area contributed by atoms with Crippen LogP contribution in [0.25, 0.3) is 0 Å². The Morgan fingerprint density at radius 1 is 1.50 bits per heavy atom. The predicted octanol–water partition coefficient (Wildman–Crippen LogP) is 1.74. The molecular formula is C16H24N2O2. The number of rotatable bonds is 4. The van der Waals surface area contributed by atoms with E-state index in [1.807, 2.05) is 30.3 Å². The average molecular weight is 276 g/mol. The number of benzene rings is 1. The zero-order valence-electron chi connectivity index (χ0n) is 12.0. The second-order valence-corrected chi connectivity index (χ2v) is 5.98. The summed E-state index contributed by atoms with van der Waals surface area (Å²) >= 11 is 0. The average Bonchev–Trinajstić information content (AvgIpc) is 2.45. The van der Waals surface area contributed by atoms with Crippen molar-refractivity contribution in [2.24, 2.45) is 11.7 Å². The molecule has 0 aromatic heterocycles. The third kappa shape index (κ3) is 3.38. The molecule has 4 heteroatoms. The molecule has 2 unspecified atom stereocenters. The van der Waals surface area contributed by atoms with E-state index in [4.69, 9.17) is 5.73 Å². The van der Waals surface area contributed by atoms with Crippen molar-refractivity contribution < 1.29 is 9.90 Å². The van der Waals surface area contributed by atoms with Crippen molar-refractivity contribution in [3.8, 4) is 0 Å². The molecule has 0 saturated heterocycles. The summed E-state index contributed by atoms with van der Waals surface area (Å²) < 4.78 is 0. The molecule has 1 aliphatic carbocycles. The van der Waals surface area contributed by atoms with Crippen LogP contribution in [0.5, 0.6) is 0 Å². The number of amides is 1. The lowest BCUT2D eigenvalue weighted by molar-refractivity contribution is -0.129. The number of aliphatic hydroxyl groups excluding tert-OH is 1. The fourth-order valence-corrected chi connectivity index (χ4v) is 3.02. The zero-order chi connectivity index (χ0) is 14.6. The van der Waals surface area contributed by atoms with E-state index < -0.39 is 5.54 Å². The Morgan fingerprint density at radius 2 is 2.20 bits per heavy atom. The van der Waals surface area contributed by atoms with E-state index >= 15 is 0 Å². The summed E-state index contributed by atoms with van der Waals surface area (Å²) in [6.07, 6.45) is 3.55. The van der Waals surface area contributed by atoms with Gasteiger partial charge in [-0.1, -0.05) is 50.1 Å². The Morgan fingerprint density at radius 3 is 2.80 bits per heavy atom. The molecule has 1 aromatic rings. The van der Waals surface area contributed by atoms with Crippen LogP contribution < -0.4 is 11.1 Å². The molecule has 4 nitrogen and oxygen atoms in total. The monoisotopic (exact) mass is 276 g/mol. The van der Waals surface area contributed by atoms with Crippen LogP contribution >= 0.6 is 0 Å². The second kappa shape index (κ2) is 6.37. The van der Waals surface area contributed by atoms with Gasteiger partial charge in [0.15, 0.2) is 0 Å². The van der Waals surface area contributed by atoms with E-state index in [0.29, 0.717) is 12.3 Å². The molecule has 3 atom stereocenters. The minimum absolute atomic E-state index is 0.124. The first-order valence-corrected chi connectivity index (χ1v) is 7.31. The first-order valence-electron chi connectivity index (χ1n) is 7.31. The van der Waals surface area contributed by atoms with E-state index in [1.54, 1.807) is 0 Å². The van der Waals surface area contributed by atoms with Gasteiger partial charge < -0.3 is 16.2 Å². The van der Waals surface area contributed by atoms with Crippen molar-refractivity contribution >= 4 is 5.91 Å². The molecule has 0 aliphatic heterocycles. The molecule has 2 rings (SSSR count). The molecule has 1 amide bonds. The summed E-state index contributed by atoms with van der Waals surface area (Å²) in [5.41, 5.74) is 6.39. The summed E-state index contributed by atoms with van der Waals surface area (Å²) in [4.78, 5) is 12.5. The standard InChI is InChI=1S/C16H24N2O2/c1-12-6-5-9-16(17,10-12)15(20)18-14(11-19)13-7-3-2-4-8-13/h2-4,7-8,12,14,19H,5-6,9-11,17H2,1H3,(H,18,20)/t12?,14-,16?/m1/s1. The van der Waals surface area contributed by atoms with Crippen molar-refractivity contribution in [3.63, 3.8) is 0 Å². The zero-order valence-corrected chi connectivity index (χ0v) is 12.0. The van der Waals surface area contributed by atoms with Gasteiger partial charge in [0, 0.05) is 0 Å². The van der Waals surface area contributed by atoms with Crippen molar-refractivity contribution in [2.75, 3.05) is 6.61 Å². The van der Waals surface area contributed by atoms with Crippen molar-refractivity contribution in [3.05, 3.63) is 35.9 Å². The molecule has 0 spiro atoms. The van der Waals surface area contributed by atoms with Crippen LogP contribution in [0.2, 0.25) is 0 Å². The highest BCUT2D eigenvalue weighted by atomic mass is 16.3. The first kappa shape index (κ1) is 15.0. The topological polar surface area (TPSA) is 75.4 Å². The molecule has 1 aromatic carbocycles. The largest absolute Gasteiger partial charge is 0.394 e.